The van der Waals surface area contributed by atoms with E-state index in [1.807, 2.05) is 13.0 Å². The maximum atomic E-state index is 15.5. The first kappa shape index (κ1) is 36.1. The normalized spacial score (nSPS) is 27.6. The Labute approximate surface area is 288 Å². The van der Waals surface area contributed by atoms with Gasteiger partial charge in [-0.1, -0.05) is 30.7 Å². The molecular weight excluding hydrogens is 659 g/mol. The SMILES string of the molecule is C=C[C@H]1C[C@H](OCC(=O)OCC)[C@@H]2CC[C@H]2CN2Cc3ccc(Cl)c(F)c3CCCCOc3ccc(cc32)C(=O)NS(=O)(=O)[C@H](C)[C@H]1C. The van der Waals surface area contributed by atoms with Gasteiger partial charge in [0.2, 0.25) is 10.0 Å². The van der Waals surface area contributed by atoms with Gasteiger partial charge in [0.25, 0.3) is 5.91 Å². The number of nitrogens with one attached hydrogen (secondary N) is 1. The van der Waals surface area contributed by atoms with E-state index in [-0.39, 0.29) is 47.7 Å². The maximum absolute atomic E-state index is 15.5. The molecule has 6 atom stereocenters. The molecule has 9 nitrogen and oxygen atoms in total. The van der Waals surface area contributed by atoms with Crippen LogP contribution in [-0.4, -0.2) is 58.0 Å². The maximum Gasteiger partial charge on any atom is 0.332 e. The summed E-state index contributed by atoms with van der Waals surface area (Å²) in [6.45, 7) is 10.4. The molecule has 1 N–H and O–H groups in total. The molecule has 48 heavy (non-hydrogen) atoms. The van der Waals surface area contributed by atoms with Crippen molar-refractivity contribution in [2.24, 2.45) is 23.7 Å². The van der Waals surface area contributed by atoms with Crippen LogP contribution in [0, 0.1) is 29.5 Å². The number of hydrogen-bond donors (Lipinski definition) is 1. The highest BCUT2D eigenvalue weighted by atomic mass is 35.5. The van der Waals surface area contributed by atoms with Crippen LogP contribution in [0.5, 0.6) is 5.75 Å². The van der Waals surface area contributed by atoms with Crippen molar-refractivity contribution in [3.63, 3.8) is 0 Å². The first-order valence-electron chi connectivity index (χ1n) is 16.9. The Hall–Kier alpha value is -3.15. The minimum atomic E-state index is -4.11. The number of benzene rings is 2. The van der Waals surface area contributed by atoms with Crippen LogP contribution in [0.2, 0.25) is 5.02 Å². The van der Waals surface area contributed by atoms with Crippen LogP contribution in [0.1, 0.15) is 74.4 Å². The van der Waals surface area contributed by atoms with E-state index in [0.29, 0.717) is 62.4 Å². The molecule has 2 aromatic rings. The fourth-order valence-electron chi connectivity index (χ4n) is 7.16. The Morgan fingerprint density at radius 2 is 2.00 bits per heavy atom. The van der Waals surface area contributed by atoms with Crippen LogP contribution in [0.3, 0.4) is 0 Å². The zero-order chi connectivity index (χ0) is 34.6. The summed E-state index contributed by atoms with van der Waals surface area (Å²) < 4.78 is 62.6. The lowest BCUT2D eigenvalue weighted by molar-refractivity contribution is -0.154. The van der Waals surface area contributed by atoms with Crippen LogP contribution in [0.25, 0.3) is 0 Å². The molecule has 262 valence electrons. The number of carbonyl (C=O) groups is 2. The molecule has 0 aromatic heterocycles. The number of hydrogen-bond acceptors (Lipinski definition) is 8. The van der Waals surface area contributed by atoms with Crippen molar-refractivity contribution in [2.45, 2.75) is 77.2 Å². The summed E-state index contributed by atoms with van der Waals surface area (Å²) >= 11 is 6.23. The van der Waals surface area contributed by atoms with Crippen LogP contribution in [-0.2, 0) is 37.3 Å². The van der Waals surface area contributed by atoms with E-state index in [4.69, 9.17) is 25.8 Å². The summed E-state index contributed by atoms with van der Waals surface area (Å²) in [5.74, 6) is -1.64. The summed E-state index contributed by atoms with van der Waals surface area (Å²) in [4.78, 5) is 28.0. The number of sulfonamides is 1. The van der Waals surface area contributed by atoms with Gasteiger partial charge in [-0.15, -0.1) is 6.58 Å². The van der Waals surface area contributed by atoms with Crippen LogP contribution < -0.4 is 14.4 Å². The highest BCUT2D eigenvalue weighted by Crippen LogP contribution is 2.44. The lowest BCUT2D eigenvalue weighted by atomic mass is 9.68. The first-order chi connectivity index (χ1) is 22.9. The van der Waals surface area contributed by atoms with E-state index in [2.05, 4.69) is 16.2 Å². The van der Waals surface area contributed by atoms with E-state index in [1.165, 1.54) is 0 Å². The number of halogens is 2. The van der Waals surface area contributed by atoms with Crippen LogP contribution in [0.15, 0.2) is 43.0 Å². The third kappa shape index (κ3) is 8.00. The van der Waals surface area contributed by atoms with Gasteiger partial charge < -0.3 is 19.1 Å². The van der Waals surface area contributed by atoms with Crippen molar-refractivity contribution in [3.8, 4) is 5.75 Å². The molecule has 2 aromatic carbocycles. The summed E-state index contributed by atoms with van der Waals surface area (Å²) in [7, 11) is -4.11. The lowest BCUT2D eigenvalue weighted by Crippen LogP contribution is -2.46. The zero-order valence-electron chi connectivity index (χ0n) is 27.9. The second-order valence-electron chi connectivity index (χ2n) is 13.2. The molecule has 0 radical (unpaired) electrons. The van der Waals surface area contributed by atoms with E-state index in [1.54, 1.807) is 44.2 Å². The highest BCUT2D eigenvalue weighted by molar-refractivity contribution is 7.90. The molecule has 2 aliphatic heterocycles. The highest BCUT2D eigenvalue weighted by Gasteiger charge is 2.42. The molecule has 2 heterocycles. The van der Waals surface area contributed by atoms with Gasteiger partial charge in [-0.25, -0.2) is 22.3 Å². The van der Waals surface area contributed by atoms with Gasteiger partial charge in [-0.2, -0.15) is 0 Å². The Morgan fingerprint density at radius 1 is 1.21 bits per heavy atom. The molecule has 1 aliphatic carbocycles. The Kier molecular flexibility index (Phi) is 11.7. The number of carbonyl (C=O) groups excluding carboxylic acids is 2. The summed E-state index contributed by atoms with van der Waals surface area (Å²) in [6, 6.07) is 8.34. The number of esters is 1. The fraction of sp³-hybridized carbons (Fsp3) is 0.556. The molecule has 3 aliphatic rings. The molecule has 1 saturated carbocycles. The summed E-state index contributed by atoms with van der Waals surface area (Å²) in [5.41, 5.74) is 2.11. The number of ether oxygens (including phenoxy) is 3. The summed E-state index contributed by atoms with van der Waals surface area (Å²) in [6.07, 6.45) is 5.40. The van der Waals surface area contributed by atoms with Crippen LogP contribution in [0.4, 0.5) is 10.1 Å². The minimum absolute atomic E-state index is 0.0398. The number of nitrogens with zero attached hydrogens (tertiary/aromatic N) is 1. The van der Waals surface area contributed by atoms with Crippen LogP contribution >= 0.6 is 11.6 Å². The minimum Gasteiger partial charge on any atom is -0.491 e. The molecule has 1 amide bonds. The molecule has 1 fully saturated rings. The van der Waals surface area contributed by atoms with Crippen molar-refractivity contribution in [1.29, 1.82) is 0 Å². The molecule has 12 heteroatoms. The number of fused-ring (bicyclic) bond motifs is 3. The van der Waals surface area contributed by atoms with E-state index < -0.39 is 38.9 Å². The number of allylic oxidation sites excluding steroid dienone is 1. The quantitative estimate of drug-likeness (QED) is 0.279. The van der Waals surface area contributed by atoms with Gasteiger partial charge in [0.1, 0.15) is 18.2 Å². The van der Waals surface area contributed by atoms with Crippen molar-refractivity contribution >= 4 is 39.2 Å². The number of anilines is 1. The molecular formula is C36H46ClFN2O7S. The Bertz CT molecular complexity index is 1620. The predicted molar refractivity (Wildman–Crippen MR) is 183 cm³/mol. The van der Waals surface area contributed by atoms with E-state index >= 15 is 4.39 Å². The molecule has 0 saturated heterocycles. The number of amides is 1. The third-order valence-electron chi connectivity index (χ3n) is 10.4. The predicted octanol–water partition coefficient (Wildman–Crippen LogP) is 6.47. The molecule has 0 unspecified atom stereocenters. The number of rotatable bonds is 5. The second kappa shape index (κ2) is 15.6. The average Bonchev–Trinajstić information content (AvgIpc) is 3.07. The first-order valence-corrected chi connectivity index (χ1v) is 18.8. The molecule has 2 bridgehead atoms. The summed E-state index contributed by atoms with van der Waals surface area (Å²) in [5, 5.41) is -0.866. The monoisotopic (exact) mass is 704 g/mol. The third-order valence-corrected chi connectivity index (χ3v) is 12.5. The van der Waals surface area contributed by atoms with Gasteiger partial charge in [0.05, 0.1) is 35.3 Å². The smallest absolute Gasteiger partial charge is 0.332 e. The van der Waals surface area contributed by atoms with E-state index in [0.717, 1.165) is 18.4 Å². The van der Waals surface area contributed by atoms with Gasteiger partial charge in [-0.3, -0.25) is 4.79 Å². The standard InChI is InChI=1S/C36H46ClFN2O7S/c1-5-24-18-33(47-21-34(41)45-6-2)28-13-10-26(28)19-40-20-27-11-14-30(37)35(38)29(27)9-7-8-16-46-32-15-12-25(17-31(32)40)36(42)39-48(43,44)23(4)22(24)3/h5,11-12,14-15,17,22-24,26,28,33H,1,6-10,13,16,18-21H2,2-4H3,(H,39,42)/t22-,23-,24+,26+,28-,33+/m1/s1. The van der Waals surface area contributed by atoms with Crippen molar-refractivity contribution in [1.82, 2.24) is 4.72 Å². The second-order valence-corrected chi connectivity index (χ2v) is 15.6. The fourth-order valence-corrected chi connectivity index (χ4v) is 8.67. The van der Waals surface area contributed by atoms with Gasteiger partial charge in [-0.05, 0) is 111 Å². The topological polar surface area (TPSA) is 111 Å². The van der Waals surface area contributed by atoms with Crippen molar-refractivity contribution in [3.05, 3.63) is 70.5 Å². The average molecular weight is 705 g/mol. The van der Waals surface area contributed by atoms with Gasteiger partial charge >= 0.3 is 5.97 Å². The van der Waals surface area contributed by atoms with Gasteiger partial charge in [0.15, 0.2) is 0 Å². The molecule has 0 spiro atoms. The zero-order valence-corrected chi connectivity index (χ0v) is 29.5. The van der Waals surface area contributed by atoms with E-state index in [9.17, 15) is 18.0 Å². The largest absolute Gasteiger partial charge is 0.491 e. The van der Waals surface area contributed by atoms with Gasteiger partial charge in [0, 0.05) is 18.7 Å². The van der Waals surface area contributed by atoms with Crippen molar-refractivity contribution < 1.29 is 36.6 Å². The Balaban J connectivity index is 1.62. The molecule has 5 rings (SSSR count). The lowest BCUT2D eigenvalue weighted by Gasteiger charge is -2.45. The van der Waals surface area contributed by atoms with Crippen molar-refractivity contribution in [2.75, 3.05) is 31.3 Å². The Morgan fingerprint density at radius 3 is 2.71 bits per heavy atom.